The van der Waals surface area contributed by atoms with Gasteiger partial charge in [0.2, 0.25) is 0 Å². The first-order valence-corrected chi connectivity index (χ1v) is 5.72. The Kier molecular flexibility index (Phi) is 2.91. The Morgan fingerprint density at radius 1 is 1.29 bits per heavy atom. The van der Waals surface area contributed by atoms with Gasteiger partial charge in [0.15, 0.2) is 0 Å². The summed E-state index contributed by atoms with van der Waals surface area (Å²) in [7, 11) is 0. The van der Waals surface area contributed by atoms with E-state index >= 15 is 0 Å². The molecule has 0 saturated carbocycles. The van der Waals surface area contributed by atoms with Gasteiger partial charge in [-0.2, -0.15) is 0 Å². The topological polar surface area (TPSA) is 42.1 Å². The number of rotatable bonds is 1. The molecule has 2 heterocycles. The van der Waals surface area contributed by atoms with Crippen LogP contribution < -0.4 is 10.6 Å². The molecule has 1 aliphatic rings. The zero-order valence-corrected chi connectivity index (χ0v) is 9.63. The second kappa shape index (κ2) is 4.17. The van der Waals surface area contributed by atoms with Gasteiger partial charge >= 0.3 is 0 Å². The van der Waals surface area contributed by atoms with Gasteiger partial charge in [-0.1, -0.05) is 0 Å². The van der Waals surface area contributed by atoms with Crippen molar-refractivity contribution in [1.82, 2.24) is 4.98 Å². The van der Waals surface area contributed by atoms with Gasteiger partial charge < -0.3 is 10.6 Å². The molecule has 0 amide bonds. The number of anilines is 2. The zero-order chi connectivity index (χ0) is 9.97. The summed E-state index contributed by atoms with van der Waals surface area (Å²) in [5, 5.41) is 0. The fourth-order valence-corrected chi connectivity index (χ4v) is 2.10. The van der Waals surface area contributed by atoms with Crippen LogP contribution in [0.2, 0.25) is 0 Å². The minimum Gasteiger partial charge on any atom is -0.383 e. The van der Waals surface area contributed by atoms with E-state index in [1.165, 1.54) is 24.9 Å². The Balaban J connectivity index is 2.18. The van der Waals surface area contributed by atoms with E-state index in [1.54, 1.807) is 0 Å². The van der Waals surface area contributed by atoms with Gasteiger partial charge in [0.25, 0.3) is 0 Å². The molecule has 0 unspecified atom stereocenters. The Bertz CT molecular complexity index is 321. The molecule has 1 fully saturated rings. The van der Waals surface area contributed by atoms with E-state index in [0.717, 1.165) is 17.6 Å². The maximum atomic E-state index is 5.64. The van der Waals surface area contributed by atoms with Crippen molar-refractivity contribution in [1.29, 1.82) is 0 Å². The summed E-state index contributed by atoms with van der Waals surface area (Å²) in [4.78, 5) is 6.50. The van der Waals surface area contributed by atoms with Crippen LogP contribution in [0, 0.1) is 0 Å². The number of hydrogen-bond acceptors (Lipinski definition) is 3. The van der Waals surface area contributed by atoms with Gasteiger partial charge in [-0.05, 0) is 41.3 Å². The average Bonchev–Trinajstić information content (AvgIpc) is 2.23. The maximum absolute atomic E-state index is 5.64. The fraction of sp³-hybridized carbons (Fsp3) is 0.500. The van der Waals surface area contributed by atoms with Gasteiger partial charge in [-0.25, -0.2) is 4.98 Å². The van der Waals surface area contributed by atoms with Crippen molar-refractivity contribution in [3.63, 3.8) is 0 Å². The van der Waals surface area contributed by atoms with E-state index in [0.29, 0.717) is 5.82 Å². The van der Waals surface area contributed by atoms with Crippen LogP contribution >= 0.6 is 15.9 Å². The SMILES string of the molecule is Nc1ncc(N2CCCCC2)cc1Br. The van der Waals surface area contributed by atoms with Gasteiger partial charge in [-0.15, -0.1) is 0 Å². The van der Waals surface area contributed by atoms with Gasteiger partial charge in [-0.3, -0.25) is 0 Å². The number of halogens is 1. The van der Waals surface area contributed by atoms with Crippen molar-refractivity contribution in [2.24, 2.45) is 0 Å². The molecule has 0 spiro atoms. The van der Waals surface area contributed by atoms with Crippen molar-refractivity contribution in [3.05, 3.63) is 16.7 Å². The normalized spacial score (nSPS) is 17.1. The minimum absolute atomic E-state index is 0.561. The predicted octanol–water partition coefficient (Wildman–Crippen LogP) is 2.42. The summed E-state index contributed by atoms with van der Waals surface area (Å²) in [6, 6.07) is 2.05. The van der Waals surface area contributed by atoms with E-state index in [2.05, 4.69) is 25.8 Å². The lowest BCUT2D eigenvalue weighted by Crippen LogP contribution is -2.29. The summed E-state index contributed by atoms with van der Waals surface area (Å²) in [6.07, 6.45) is 5.76. The fourth-order valence-electron chi connectivity index (χ4n) is 1.76. The van der Waals surface area contributed by atoms with Crippen molar-refractivity contribution < 1.29 is 0 Å². The largest absolute Gasteiger partial charge is 0.383 e. The molecular weight excluding hydrogens is 242 g/mol. The van der Waals surface area contributed by atoms with Crippen LogP contribution in [0.4, 0.5) is 11.5 Å². The first-order chi connectivity index (χ1) is 6.77. The van der Waals surface area contributed by atoms with Crippen molar-refractivity contribution in [3.8, 4) is 0 Å². The maximum Gasteiger partial charge on any atom is 0.137 e. The molecule has 1 saturated heterocycles. The van der Waals surface area contributed by atoms with Gasteiger partial charge in [0.05, 0.1) is 16.4 Å². The van der Waals surface area contributed by atoms with E-state index < -0.39 is 0 Å². The number of nitrogens with zero attached hydrogens (tertiary/aromatic N) is 2. The number of aromatic nitrogens is 1. The van der Waals surface area contributed by atoms with Crippen LogP contribution in [-0.2, 0) is 0 Å². The van der Waals surface area contributed by atoms with Gasteiger partial charge in [0, 0.05) is 13.1 Å². The molecule has 14 heavy (non-hydrogen) atoms. The van der Waals surface area contributed by atoms with E-state index in [9.17, 15) is 0 Å². The first-order valence-electron chi connectivity index (χ1n) is 4.93. The molecule has 1 aromatic rings. The van der Waals surface area contributed by atoms with E-state index in [-0.39, 0.29) is 0 Å². The minimum atomic E-state index is 0.561. The number of pyridine rings is 1. The quantitative estimate of drug-likeness (QED) is 0.839. The van der Waals surface area contributed by atoms with Crippen molar-refractivity contribution >= 4 is 27.4 Å². The lowest BCUT2D eigenvalue weighted by Gasteiger charge is -2.28. The molecule has 0 aliphatic carbocycles. The summed E-state index contributed by atoms with van der Waals surface area (Å²) < 4.78 is 0.889. The lowest BCUT2D eigenvalue weighted by atomic mass is 10.1. The number of hydrogen-bond donors (Lipinski definition) is 1. The molecular formula is C10H14BrN3. The standard InChI is InChI=1S/C10H14BrN3/c11-9-6-8(7-13-10(9)12)14-4-2-1-3-5-14/h6-7H,1-5H2,(H2,12,13). The predicted molar refractivity (Wildman–Crippen MR) is 62.4 cm³/mol. The third-order valence-corrected chi connectivity index (χ3v) is 3.21. The van der Waals surface area contributed by atoms with Crippen LogP contribution in [-0.4, -0.2) is 18.1 Å². The highest BCUT2D eigenvalue weighted by molar-refractivity contribution is 9.10. The molecule has 0 aromatic carbocycles. The monoisotopic (exact) mass is 255 g/mol. The Labute approximate surface area is 92.4 Å². The van der Waals surface area contributed by atoms with Crippen LogP contribution in [0.25, 0.3) is 0 Å². The highest BCUT2D eigenvalue weighted by Crippen LogP contribution is 2.25. The number of nitrogen functional groups attached to an aromatic ring is 1. The first kappa shape index (κ1) is 9.77. The van der Waals surface area contributed by atoms with Crippen molar-refractivity contribution in [2.45, 2.75) is 19.3 Å². The van der Waals surface area contributed by atoms with Crippen LogP contribution in [0.3, 0.4) is 0 Å². The highest BCUT2D eigenvalue weighted by atomic mass is 79.9. The molecule has 2 N–H and O–H groups in total. The molecule has 2 rings (SSSR count). The Morgan fingerprint density at radius 2 is 2.00 bits per heavy atom. The second-order valence-electron chi connectivity index (χ2n) is 3.61. The van der Waals surface area contributed by atoms with Gasteiger partial charge in [0.1, 0.15) is 5.82 Å². The molecule has 3 nitrogen and oxygen atoms in total. The summed E-state index contributed by atoms with van der Waals surface area (Å²) in [5.41, 5.74) is 6.81. The smallest absolute Gasteiger partial charge is 0.137 e. The molecule has 1 aromatic heterocycles. The third-order valence-electron chi connectivity index (χ3n) is 2.58. The molecule has 0 atom stereocenters. The van der Waals surface area contributed by atoms with E-state index in [4.69, 9.17) is 5.73 Å². The number of nitrogens with two attached hydrogens (primary N) is 1. The molecule has 0 radical (unpaired) electrons. The van der Waals surface area contributed by atoms with Crippen LogP contribution in [0.1, 0.15) is 19.3 Å². The Hall–Kier alpha value is -0.770. The third kappa shape index (κ3) is 2.00. The molecule has 0 bridgehead atoms. The zero-order valence-electron chi connectivity index (χ0n) is 8.04. The van der Waals surface area contributed by atoms with Crippen LogP contribution in [0.5, 0.6) is 0 Å². The lowest BCUT2D eigenvalue weighted by molar-refractivity contribution is 0.577. The molecule has 1 aliphatic heterocycles. The summed E-state index contributed by atoms with van der Waals surface area (Å²) in [6.45, 7) is 2.27. The van der Waals surface area contributed by atoms with Crippen LogP contribution in [0.15, 0.2) is 16.7 Å². The second-order valence-corrected chi connectivity index (χ2v) is 4.46. The molecule has 76 valence electrons. The molecule has 4 heteroatoms. The average molecular weight is 256 g/mol. The number of piperidine rings is 1. The van der Waals surface area contributed by atoms with E-state index in [1.807, 2.05) is 12.3 Å². The summed E-state index contributed by atoms with van der Waals surface area (Å²) in [5.74, 6) is 0.561. The van der Waals surface area contributed by atoms with Crippen molar-refractivity contribution in [2.75, 3.05) is 23.7 Å². The Morgan fingerprint density at radius 3 is 2.64 bits per heavy atom. The summed E-state index contributed by atoms with van der Waals surface area (Å²) >= 11 is 3.40. The highest BCUT2D eigenvalue weighted by Gasteiger charge is 2.11.